The third-order valence-electron chi connectivity index (χ3n) is 5.99. The number of rotatable bonds is 5. The minimum absolute atomic E-state index is 0.00432. The quantitative estimate of drug-likeness (QED) is 0.510. The number of pyridine rings is 1. The summed E-state index contributed by atoms with van der Waals surface area (Å²) in [6, 6.07) is 18.1. The van der Waals surface area contributed by atoms with Gasteiger partial charge in [0.1, 0.15) is 11.6 Å². The van der Waals surface area contributed by atoms with E-state index < -0.39 is 0 Å². The molecule has 7 heteroatoms. The maximum Gasteiger partial charge on any atom is 0.227 e. The molecule has 1 aliphatic heterocycles. The highest BCUT2D eigenvalue weighted by Crippen LogP contribution is 2.25. The van der Waals surface area contributed by atoms with E-state index in [0.29, 0.717) is 6.54 Å². The summed E-state index contributed by atoms with van der Waals surface area (Å²) < 4.78 is 15.6. The number of likely N-dealkylation sites (tertiary alicyclic amines) is 1. The Hall–Kier alpha value is -3.58. The number of anilines is 1. The number of halogens is 1. The topological polar surface area (TPSA) is 63.1 Å². The lowest BCUT2D eigenvalue weighted by molar-refractivity contribution is -0.121. The lowest BCUT2D eigenvalue weighted by Gasteiger charge is -2.31. The molecule has 2 aromatic heterocycles. The van der Waals surface area contributed by atoms with Gasteiger partial charge >= 0.3 is 0 Å². The molecular formula is C25H24FN5O. The van der Waals surface area contributed by atoms with Crippen molar-refractivity contribution in [3.63, 3.8) is 0 Å². The first kappa shape index (κ1) is 20.3. The number of imidazole rings is 1. The number of hydrogen-bond donors (Lipinski definition) is 1. The Kier molecular flexibility index (Phi) is 5.64. The van der Waals surface area contributed by atoms with Gasteiger partial charge < -0.3 is 5.32 Å². The van der Waals surface area contributed by atoms with Gasteiger partial charge in [0.2, 0.25) is 5.91 Å². The Bertz CT molecular complexity index is 1210. The van der Waals surface area contributed by atoms with Crippen molar-refractivity contribution in [3.05, 3.63) is 84.7 Å². The van der Waals surface area contributed by atoms with Crippen LogP contribution in [0.1, 0.15) is 18.7 Å². The fourth-order valence-electron chi connectivity index (χ4n) is 4.29. The third-order valence-corrected chi connectivity index (χ3v) is 5.99. The van der Waals surface area contributed by atoms with Crippen molar-refractivity contribution in [1.29, 1.82) is 0 Å². The first-order chi connectivity index (χ1) is 15.7. The normalized spacial score (nSPS) is 15.2. The molecule has 0 spiro atoms. The van der Waals surface area contributed by atoms with E-state index in [1.165, 1.54) is 12.1 Å². The van der Waals surface area contributed by atoms with Crippen molar-refractivity contribution in [3.8, 4) is 5.69 Å². The average molecular weight is 429 g/mol. The number of para-hydroxylation sites is 2. The second-order valence-electron chi connectivity index (χ2n) is 8.10. The van der Waals surface area contributed by atoms with E-state index in [1.807, 2.05) is 24.3 Å². The number of amides is 1. The molecule has 0 radical (unpaired) electrons. The maximum absolute atomic E-state index is 13.5. The standard InChI is InChI=1S/C25H24FN5O/c26-19-5-7-21(8-6-19)31-23-4-2-1-3-22(23)29-24(31)17-30-15-11-18(12-16-30)25(32)28-20-9-13-27-14-10-20/h1-10,13-14,18H,11-12,15-17H2,(H,27,28,32). The molecule has 0 unspecified atom stereocenters. The minimum Gasteiger partial charge on any atom is -0.326 e. The first-order valence-electron chi connectivity index (χ1n) is 10.8. The van der Waals surface area contributed by atoms with E-state index in [4.69, 9.17) is 4.98 Å². The highest BCUT2D eigenvalue weighted by Gasteiger charge is 2.26. The van der Waals surface area contributed by atoms with E-state index in [-0.39, 0.29) is 17.6 Å². The summed E-state index contributed by atoms with van der Waals surface area (Å²) >= 11 is 0. The van der Waals surface area contributed by atoms with Gasteiger partial charge in [0.15, 0.2) is 0 Å². The average Bonchev–Trinajstić information content (AvgIpc) is 3.18. The van der Waals surface area contributed by atoms with Crippen LogP contribution in [0.15, 0.2) is 73.1 Å². The van der Waals surface area contributed by atoms with Crippen LogP contribution in [0, 0.1) is 11.7 Å². The fraction of sp³-hybridized carbons (Fsp3) is 0.240. The van der Waals surface area contributed by atoms with E-state index in [1.54, 1.807) is 36.7 Å². The van der Waals surface area contributed by atoms with Crippen LogP contribution in [0.5, 0.6) is 0 Å². The van der Waals surface area contributed by atoms with Crippen LogP contribution < -0.4 is 5.32 Å². The zero-order chi connectivity index (χ0) is 21.9. The van der Waals surface area contributed by atoms with Gasteiger partial charge in [-0.2, -0.15) is 0 Å². The molecule has 1 fully saturated rings. The van der Waals surface area contributed by atoms with Crippen molar-refractivity contribution in [2.45, 2.75) is 19.4 Å². The zero-order valence-electron chi connectivity index (χ0n) is 17.6. The smallest absolute Gasteiger partial charge is 0.227 e. The number of carbonyl (C=O) groups excluding carboxylic acids is 1. The van der Waals surface area contributed by atoms with Gasteiger partial charge in [0.05, 0.1) is 17.6 Å². The molecule has 2 aromatic carbocycles. The van der Waals surface area contributed by atoms with Gasteiger partial charge in [0.25, 0.3) is 0 Å². The number of nitrogens with zero attached hydrogens (tertiary/aromatic N) is 4. The molecule has 3 heterocycles. The highest BCUT2D eigenvalue weighted by atomic mass is 19.1. The number of piperidine rings is 1. The van der Waals surface area contributed by atoms with Crippen molar-refractivity contribution in [2.24, 2.45) is 5.92 Å². The predicted octanol–water partition coefficient (Wildman–Crippen LogP) is 4.41. The molecule has 0 bridgehead atoms. The monoisotopic (exact) mass is 429 g/mol. The van der Waals surface area contributed by atoms with Gasteiger partial charge in [-0.25, -0.2) is 9.37 Å². The summed E-state index contributed by atoms with van der Waals surface area (Å²) in [7, 11) is 0. The molecule has 1 saturated heterocycles. The summed E-state index contributed by atoms with van der Waals surface area (Å²) in [5.41, 5.74) is 3.58. The fourth-order valence-corrected chi connectivity index (χ4v) is 4.29. The van der Waals surface area contributed by atoms with Crippen LogP contribution in [-0.2, 0) is 11.3 Å². The molecule has 4 aromatic rings. The van der Waals surface area contributed by atoms with Gasteiger partial charge in [0, 0.05) is 29.7 Å². The minimum atomic E-state index is -0.258. The summed E-state index contributed by atoms with van der Waals surface area (Å²) in [6.07, 6.45) is 4.94. The van der Waals surface area contributed by atoms with Crippen molar-refractivity contribution in [2.75, 3.05) is 18.4 Å². The Labute approximate surface area is 185 Å². The van der Waals surface area contributed by atoms with Crippen LogP contribution in [0.3, 0.4) is 0 Å². The van der Waals surface area contributed by atoms with Crippen LogP contribution in [-0.4, -0.2) is 38.4 Å². The molecule has 6 nitrogen and oxygen atoms in total. The Morgan fingerprint density at radius 1 is 1.00 bits per heavy atom. The van der Waals surface area contributed by atoms with E-state index in [2.05, 4.69) is 19.8 Å². The molecule has 1 amide bonds. The van der Waals surface area contributed by atoms with Crippen LogP contribution >= 0.6 is 0 Å². The van der Waals surface area contributed by atoms with Gasteiger partial charge in [-0.3, -0.25) is 19.2 Å². The van der Waals surface area contributed by atoms with Crippen molar-refractivity contribution < 1.29 is 9.18 Å². The summed E-state index contributed by atoms with van der Waals surface area (Å²) in [5, 5.41) is 2.98. The molecule has 1 N–H and O–H groups in total. The summed E-state index contributed by atoms with van der Waals surface area (Å²) in [6.45, 7) is 2.31. The molecule has 0 atom stereocenters. The largest absolute Gasteiger partial charge is 0.326 e. The van der Waals surface area contributed by atoms with Crippen LogP contribution in [0.2, 0.25) is 0 Å². The van der Waals surface area contributed by atoms with E-state index in [0.717, 1.165) is 54.2 Å². The molecule has 5 rings (SSSR count). The number of benzene rings is 2. The van der Waals surface area contributed by atoms with Gasteiger partial charge in [-0.1, -0.05) is 12.1 Å². The van der Waals surface area contributed by atoms with Gasteiger partial charge in [-0.05, 0) is 74.5 Å². The Morgan fingerprint density at radius 2 is 1.72 bits per heavy atom. The highest BCUT2D eigenvalue weighted by molar-refractivity contribution is 5.92. The maximum atomic E-state index is 13.5. The number of carbonyl (C=O) groups is 1. The van der Waals surface area contributed by atoms with Crippen LogP contribution in [0.25, 0.3) is 16.7 Å². The molecule has 0 aliphatic carbocycles. The number of fused-ring (bicyclic) bond motifs is 1. The molecule has 162 valence electrons. The number of hydrogen-bond acceptors (Lipinski definition) is 4. The second-order valence-corrected chi connectivity index (χ2v) is 8.10. The predicted molar refractivity (Wildman–Crippen MR) is 122 cm³/mol. The second kappa shape index (κ2) is 8.88. The van der Waals surface area contributed by atoms with E-state index in [9.17, 15) is 9.18 Å². The van der Waals surface area contributed by atoms with Crippen LogP contribution in [0.4, 0.5) is 10.1 Å². The first-order valence-corrected chi connectivity index (χ1v) is 10.8. The molecule has 0 saturated carbocycles. The van der Waals surface area contributed by atoms with E-state index >= 15 is 0 Å². The van der Waals surface area contributed by atoms with Gasteiger partial charge in [-0.15, -0.1) is 0 Å². The molecule has 1 aliphatic rings. The Morgan fingerprint density at radius 3 is 2.47 bits per heavy atom. The SMILES string of the molecule is O=C(Nc1ccncc1)C1CCN(Cc2nc3ccccc3n2-c2ccc(F)cc2)CC1. The molecule has 32 heavy (non-hydrogen) atoms. The number of nitrogens with one attached hydrogen (secondary N) is 1. The number of aromatic nitrogens is 3. The lowest BCUT2D eigenvalue weighted by atomic mass is 9.96. The summed E-state index contributed by atoms with van der Waals surface area (Å²) in [5.74, 6) is 0.717. The van der Waals surface area contributed by atoms with Crippen molar-refractivity contribution in [1.82, 2.24) is 19.4 Å². The third kappa shape index (κ3) is 4.24. The lowest BCUT2D eigenvalue weighted by Crippen LogP contribution is -2.38. The zero-order valence-corrected chi connectivity index (χ0v) is 17.6. The summed E-state index contributed by atoms with van der Waals surface area (Å²) in [4.78, 5) is 23.8. The molecular weight excluding hydrogens is 405 g/mol. The van der Waals surface area contributed by atoms with Crippen molar-refractivity contribution >= 4 is 22.6 Å². The Balaban J connectivity index is 1.30.